The van der Waals surface area contributed by atoms with E-state index in [2.05, 4.69) is 42.2 Å². The molecule has 1 heterocycles. The second-order valence-corrected chi connectivity index (χ2v) is 3.65. The van der Waals surface area contributed by atoms with Crippen LogP contribution in [0.4, 0.5) is 0 Å². The summed E-state index contributed by atoms with van der Waals surface area (Å²) >= 11 is 0. The Morgan fingerprint density at radius 1 is 1.14 bits per heavy atom. The maximum Gasteiger partial charge on any atom is 0.187 e. The smallest absolute Gasteiger partial charge is 0.187 e. The van der Waals surface area contributed by atoms with E-state index in [0.717, 1.165) is 6.42 Å². The molecule has 1 aromatic heterocycles. The highest BCUT2D eigenvalue weighted by molar-refractivity contribution is 5.83. The minimum atomic E-state index is 1.15. The molecule has 1 N–H and O–H groups in total. The van der Waals surface area contributed by atoms with E-state index in [1.165, 1.54) is 29.3 Å². The van der Waals surface area contributed by atoms with E-state index in [-0.39, 0.29) is 0 Å². The van der Waals surface area contributed by atoms with Crippen LogP contribution in [0.1, 0.15) is 25.5 Å². The molecular weight excluding hydrogens is 170 g/mol. The lowest BCUT2D eigenvalue weighted by Crippen LogP contribution is -2.10. The molecule has 0 amide bonds. The minimum Gasteiger partial charge on any atom is -0.215 e. The van der Waals surface area contributed by atoms with Gasteiger partial charge in [-0.05, 0) is 17.9 Å². The molecule has 2 rings (SSSR count). The Morgan fingerprint density at radius 2 is 2.00 bits per heavy atom. The molecule has 0 unspecified atom stereocenters. The lowest BCUT2D eigenvalue weighted by Gasteiger charge is -1.98. The van der Waals surface area contributed by atoms with Crippen LogP contribution in [0.5, 0.6) is 0 Å². The van der Waals surface area contributed by atoms with E-state index in [1.54, 1.807) is 0 Å². The van der Waals surface area contributed by atoms with Crippen molar-refractivity contribution in [2.24, 2.45) is 0 Å². The van der Waals surface area contributed by atoms with Crippen molar-refractivity contribution < 1.29 is 4.98 Å². The van der Waals surface area contributed by atoms with Crippen molar-refractivity contribution in [2.75, 3.05) is 0 Å². The number of unbranched alkanes of at least 4 members (excludes halogenated alkanes) is 1. The van der Waals surface area contributed by atoms with Crippen molar-refractivity contribution in [3.63, 3.8) is 0 Å². The van der Waals surface area contributed by atoms with Gasteiger partial charge in [-0.3, -0.25) is 0 Å². The van der Waals surface area contributed by atoms with Crippen molar-refractivity contribution >= 4 is 10.8 Å². The molecule has 72 valence electrons. The van der Waals surface area contributed by atoms with Crippen molar-refractivity contribution in [2.45, 2.75) is 26.2 Å². The number of hydrogen-bond donors (Lipinski definition) is 0. The summed E-state index contributed by atoms with van der Waals surface area (Å²) < 4.78 is 0. The zero-order valence-electron chi connectivity index (χ0n) is 8.59. The Hall–Kier alpha value is -1.37. The quantitative estimate of drug-likeness (QED) is 0.699. The molecule has 1 nitrogen and oxygen atoms in total. The van der Waals surface area contributed by atoms with Crippen LogP contribution in [0, 0.1) is 0 Å². The second kappa shape index (κ2) is 4.23. The molecule has 2 aromatic rings. The molecule has 0 bridgehead atoms. The molecule has 0 saturated carbocycles. The number of hydrogen-bond acceptors (Lipinski definition) is 0. The summed E-state index contributed by atoms with van der Waals surface area (Å²) in [4.78, 5) is 3.35. The summed E-state index contributed by atoms with van der Waals surface area (Å²) in [6.07, 6.45) is 5.69. The van der Waals surface area contributed by atoms with Gasteiger partial charge in [-0.25, -0.2) is 4.98 Å². The summed E-state index contributed by atoms with van der Waals surface area (Å²) in [5, 5.41) is 2.70. The second-order valence-electron chi connectivity index (χ2n) is 3.65. The van der Waals surface area contributed by atoms with Crippen molar-refractivity contribution in [1.82, 2.24) is 0 Å². The van der Waals surface area contributed by atoms with Gasteiger partial charge in [0.25, 0.3) is 0 Å². The van der Waals surface area contributed by atoms with Gasteiger partial charge in [-0.1, -0.05) is 31.5 Å². The third-order valence-corrected chi connectivity index (χ3v) is 2.59. The van der Waals surface area contributed by atoms with Gasteiger partial charge < -0.3 is 0 Å². The summed E-state index contributed by atoms with van der Waals surface area (Å²) in [6.45, 7) is 2.23. The fraction of sp³-hybridized carbons (Fsp3) is 0.308. The normalized spacial score (nSPS) is 10.6. The van der Waals surface area contributed by atoms with Crippen LogP contribution in [0.15, 0.2) is 36.5 Å². The maximum atomic E-state index is 3.35. The van der Waals surface area contributed by atoms with Crippen LogP contribution in [0.3, 0.4) is 0 Å². The molecule has 0 aliphatic heterocycles. The summed E-state index contributed by atoms with van der Waals surface area (Å²) in [5.74, 6) is 0. The average Bonchev–Trinajstić information content (AvgIpc) is 2.26. The first-order valence-corrected chi connectivity index (χ1v) is 5.30. The van der Waals surface area contributed by atoms with Crippen molar-refractivity contribution in [3.8, 4) is 0 Å². The van der Waals surface area contributed by atoms with Gasteiger partial charge in [0.1, 0.15) is 0 Å². The Balaban J connectivity index is 2.43. The van der Waals surface area contributed by atoms with Gasteiger partial charge in [0.2, 0.25) is 0 Å². The summed E-state index contributed by atoms with van der Waals surface area (Å²) in [7, 11) is 0. The summed E-state index contributed by atoms with van der Waals surface area (Å²) in [5.41, 5.74) is 1.37. The van der Waals surface area contributed by atoms with Gasteiger partial charge in [0.05, 0.1) is 0 Å². The fourth-order valence-electron chi connectivity index (χ4n) is 1.79. The monoisotopic (exact) mass is 186 g/mol. The van der Waals surface area contributed by atoms with Gasteiger partial charge in [-0.2, -0.15) is 0 Å². The number of aromatic amines is 1. The van der Waals surface area contributed by atoms with Gasteiger partial charge in [0.15, 0.2) is 11.9 Å². The van der Waals surface area contributed by atoms with Crippen LogP contribution in [0.25, 0.3) is 10.8 Å². The van der Waals surface area contributed by atoms with Gasteiger partial charge >= 0.3 is 0 Å². The third-order valence-electron chi connectivity index (χ3n) is 2.59. The predicted molar refractivity (Wildman–Crippen MR) is 59.1 cm³/mol. The third kappa shape index (κ3) is 1.77. The number of H-pyrrole nitrogens is 1. The average molecular weight is 186 g/mol. The van der Waals surface area contributed by atoms with E-state index in [0.29, 0.717) is 0 Å². The van der Waals surface area contributed by atoms with Gasteiger partial charge in [-0.15, -0.1) is 0 Å². The SMILES string of the molecule is CCCCc1[nH+]ccc2ccccc12. The first-order valence-electron chi connectivity index (χ1n) is 5.30. The molecule has 0 saturated heterocycles. The molecule has 0 aliphatic carbocycles. The standard InChI is InChI=1S/C13H15N/c1-2-3-8-13-12-7-5-4-6-11(12)9-10-14-13/h4-7,9-10H,2-3,8H2,1H3/p+1. The molecule has 0 spiro atoms. The molecule has 1 heteroatoms. The zero-order chi connectivity index (χ0) is 9.80. The molecule has 0 radical (unpaired) electrons. The van der Waals surface area contributed by atoms with Crippen LogP contribution in [-0.4, -0.2) is 0 Å². The lowest BCUT2D eigenvalue weighted by atomic mass is 10.1. The van der Waals surface area contributed by atoms with E-state index in [9.17, 15) is 0 Å². The number of aryl methyl sites for hydroxylation is 1. The molecule has 0 fully saturated rings. The minimum absolute atomic E-state index is 1.15. The lowest BCUT2D eigenvalue weighted by molar-refractivity contribution is -0.388. The Labute approximate surface area is 84.8 Å². The number of benzene rings is 1. The molecule has 0 aliphatic rings. The van der Waals surface area contributed by atoms with E-state index in [1.807, 2.05) is 6.20 Å². The van der Waals surface area contributed by atoms with Crippen LogP contribution < -0.4 is 4.98 Å². The van der Waals surface area contributed by atoms with Crippen molar-refractivity contribution in [1.29, 1.82) is 0 Å². The topological polar surface area (TPSA) is 14.1 Å². The Bertz CT molecular complexity index is 415. The molecule has 14 heavy (non-hydrogen) atoms. The van der Waals surface area contributed by atoms with Crippen molar-refractivity contribution in [3.05, 3.63) is 42.2 Å². The summed E-state index contributed by atoms with van der Waals surface area (Å²) in [6, 6.07) is 10.7. The van der Waals surface area contributed by atoms with E-state index in [4.69, 9.17) is 0 Å². The first kappa shape index (κ1) is 9.20. The predicted octanol–water partition coefficient (Wildman–Crippen LogP) is 3.00. The first-order chi connectivity index (χ1) is 6.92. The number of pyridine rings is 1. The highest BCUT2D eigenvalue weighted by Gasteiger charge is 2.05. The number of aromatic nitrogens is 1. The fourth-order valence-corrected chi connectivity index (χ4v) is 1.79. The highest BCUT2D eigenvalue weighted by atomic mass is 14.7. The van der Waals surface area contributed by atoms with E-state index < -0.39 is 0 Å². The highest BCUT2D eigenvalue weighted by Crippen LogP contribution is 2.15. The maximum absolute atomic E-state index is 3.35. The van der Waals surface area contributed by atoms with Crippen LogP contribution in [0.2, 0.25) is 0 Å². The number of nitrogens with one attached hydrogen (secondary N) is 1. The Morgan fingerprint density at radius 3 is 2.86 bits per heavy atom. The van der Waals surface area contributed by atoms with E-state index >= 15 is 0 Å². The van der Waals surface area contributed by atoms with Crippen LogP contribution in [-0.2, 0) is 6.42 Å². The molecule has 1 aromatic carbocycles. The number of rotatable bonds is 3. The van der Waals surface area contributed by atoms with Gasteiger partial charge in [0, 0.05) is 17.9 Å². The largest absolute Gasteiger partial charge is 0.215 e. The molecule has 0 atom stereocenters. The zero-order valence-corrected chi connectivity index (χ0v) is 8.59. The molecular formula is C13H16N+. The number of fused-ring (bicyclic) bond motifs is 1. The van der Waals surface area contributed by atoms with Crippen LogP contribution >= 0.6 is 0 Å². The Kier molecular flexibility index (Phi) is 2.78.